The molecule has 106 valence electrons. The molecule has 1 saturated carbocycles. The summed E-state index contributed by atoms with van der Waals surface area (Å²) in [6, 6.07) is 4.63. The van der Waals surface area contributed by atoms with Crippen LogP contribution < -0.4 is 5.32 Å². The first-order valence-corrected chi connectivity index (χ1v) is 7.27. The molecule has 4 heteroatoms. The quantitative estimate of drug-likeness (QED) is 0.927. The van der Waals surface area contributed by atoms with Gasteiger partial charge in [0.2, 0.25) is 0 Å². The summed E-state index contributed by atoms with van der Waals surface area (Å²) in [5.74, 6) is 1.89. The number of nitrogens with zero attached hydrogens (tertiary/aromatic N) is 3. The van der Waals surface area contributed by atoms with Gasteiger partial charge in [-0.05, 0) is 43.7 Å². The fourth-order valence-corrected chi connectivity index (χ4v) is 3.08. The Morgan fingerprint density at radius 3 is 2.80 bits per heavy atom. The number of hydrogen-bond acceptors (Lipinski definition) is 3. The lowest BCUT2D eigenvalue weighted by molar-refractivity contribution is 0.378. The predicted octanol–water partition coefficient (Wildman–Crippen LogP) is 3.57. The monoisotopic (exact) mass is 270 g/mol. The molecular formula is C16H22N4. The van der Waals surface area contributed by atoms with Crippen LogP contribution in [0.2, 0.25) is 0 Å². The molecule has 0 spiro atoms. The van der Waals surface area contributed by atoms with Gasteiger partial charge in [0.25, 0.3) is 0 Å². The molecule has 1 unspecified atom stereocenters. The van der Waals surface area contributed by atoms with Crippen molar-refractivity contribution >= 4 is 5.69 Å². The van der Waals surface area contributed by atoms with E-state index in [1.54, 1.807) is 0 Å². The second-order valence-corrected chi connectivity index (χ2v) is 6.47. The van der Waals surface area contributed by atoms with Crippen molar-refractivity contribution in [2.75, 3.05) is 5.32 Å². The molecule has 2 heterocycles. The summed E-state index contributed by atoms with van der Waals surface area (Å²) >= 11 is 0. The number of anilines is 1. The first-order chi connectivity index (χ1) is 9.55. The van der Waals surface area contributed by atoms with Crippen molar-refractivity contribution < 1.29 is 0 Å². The molecule has 1 aliphatic rings. The van der Waals surface area contributed by atoms with E-state index < -0.39 is 0 Å². The highest BCUT2D eigenvalue weighted by Gasteiger charge is 2.31. The maximum absolute atomic E-state index is 4.52. The smallest absolute Gasteiger partial charge is 0.161 e. The average molecular weight is 270 g/mol. The molecule has 0 aliphatic heterocycles. The zero-order chi connectivity index (χ0) is 14.2. The van der Waals surface area contributed by atoms with Crippen molar-refractivity contribution in [3.8, 4) is 5.82 Å². The van der Waals surface area contributed by atoms with Crippen molar-refractivity contribution in [1.29, 1.82) is 0 Å². The van der Waals surface area contributed by atoms with Gasteiger partial charge in [-0.2, -0.15) is 0 Å². The summed E-state index contributed by atoms with van der Waals surface area (Å²) in [7, 11) is 0. The van der Waals surface area contributed by atoms with Crippen LogP contribution in [0, 0.1) is 12.3 Å². The fraction of sp³-hybridized carbons (Fsp3) is 0.500. The Morgan fingerprint density at radius 2 is 2.15 bits per heavy atom. The highest BCUT2D eigenvalue weighted by atomic mass is 15.1. The minimum atomic E-state index is 0.449. The molecule has 0 saturated heterocycles. The summed E-state index contributed by atoms with van der Waals surface area (Å²) in [4.78, 5) is 8.81. The SMILES string of the molecule is Cc1nccn1-c1ncccc1NC1CCC(C)(C)C1. The van der Waals surface area contributed by atoms with E-state index in [-0.39, 0.29) is 0 Å². The Bertz CT molecular complexity index is 600. The Labute approximate surface area is 120 Å². The summed E-state index contributed by atoms with van der Waals surface area (Å²) in [5.41, 5.74) is 1.54. The second kappa shape index (κ2) is 4.93. The van der Waals surface area contributed by atoms with Crippen LogP contribution in [0.5, 0.6) is 0 Å². The number of aromatic nitrogens is 3. The van der Waals surface area contributed by atoms with Crippen LogP contribution in [0.15, 0.2) is 30.7 Å². The molecule has 1 atom stereocenters. The third-order valence-corrected chi connectivity index (χ3v) is 4.17. The maximum atomic E-state index is 4.52. The number of pyridine rings is 1. The van der Waals surface area contributed by atoms with E-state index in [0.29, 0.717) is 11.5 Å². The van der Waals surface area contributed by atoms with Crippen molar-refractivity contribution in [1.82, 2.24) is 14.5 Å². The van der Waals surface area contributed by atoms with E-state index in [0.717, 1.165) is 17.3 Å². The number of rotatable bonds is 3. The van der Waals surface area contributed by atoms with Gasteiger partial charge < -0.3 is 5.32 Å². The molecule has 2 aromatic rings. The van der Waals surface area contributed by atoms with Gasteiger partial charge in [0.15, 0.2) is 5.82 Å². The third-order valence-electron chi connectivity index (χ3n) is 4.17. The lowest BCUT2D eigenvalue weighted by Crippen LogP contribution is -2.19. The molecule has 1 aliphatic carbocycles. The number of nitrogens with one attached hydrogen (secondary N) is 1. The van der Waals surface area contributed by atoms with E-state index in [1.807, 2.05) is 36.1 Å². The Morgan fingerprint density at radius 1 is 1.30 bits per heavy atom. The van der Waals surface area contributed by atoms with Crippen molar-refractivity contribution in [3.63, 3.8) is 0 Å². The van der Waals surface area contributed by atoms with Crippen molar-refractivity contribution in [2.24, 2.45) is 5.41 Å². The van der Waals surface area contributed by atoms with Gasteiger partial charge in [-0.3, -0.25) is 4.57 Å². The van der Waals surface area contributed by atoms with Crippen LogP contribution in [0.1, 0.15) is 38.9 Å². The zero-order valence-corrected chi connectivity index (χ0v) is 12.4. The van der Waals surface area contributed by atoms with Crippen LogP contribution in [-0.2, 0) is 0 Å². The van der Waals surface area contributed by atoms with Gasteiger partial charge >= 0.3 is 0 Å². The topological polar surface area (TPSA) is 42.7 Å². The highest BCUT2D eigenvalue weighted by Crippen LogP contribution is 2.38. The molecule has 1 N–H and O–H groups in total. The average Bonchev–Trinajstić information content (AvgIpc) is 2.96. The molecule has 4 nitrogen and oxygen atoms in total. The molecule has 20 heavy (non-hydrogen) atoms. The molecule has 0 bridgehead atoms. The minimum Gasteiger partial charge on any atom is -0.379 e. The lowest BCUT2D eigenvalue weighted by Gasteiger charge is -2.20. The first kappa shape index (κ1) is 13.2. The van der Waals surface area contributed by atoms with Gasteiger partial charge in [-0.1, -0.05) is 13.8 Å². The van der Waals surface area contributed by atoms with Gasteiger partial charge in [-0.15, -0.1) is 0 Å². The fourth-order valence-electron chi connectivity index (χ4n) is 3.08. The Balaban J connectivity index is 1.86. The van der Waals surface area contributed by atoms with Gasteiger partial charge in [-0.25, -0.2) is 9.97 Å². The lowest BCUT2D eigenvalue weighted by atomic mass is 9.92. The van der Waals surface area contributed by atoms with Crippen LogP contribution in [0.25, 0.3) is 5.82 Å². The molecule has 0 radical (unpaired) electrons. The molecular weight excluding hydrogens is 248 g/mol. The normalized spacial score (nSPS) is 21.1. The third kappa shape index (κ3) is 2.55. The second-order valence-electron chi connectivity index (χ2n) is 6.47. The molecule has 0 amide bonds. The first-order valence-electron chi connectivity index (χ1n) is 7.27. The van der Waals surface area contributed by atoms with E-state index in [4.69, 9.17) is 0 Å². The Kier molecular flexibility index (Phi) is 3.24. The van der Waals surface area contributed by atoms with E-state index >= 15 is 0 Å². The van der Waals surface area contributed by atoms with E-state index in [2.05, 4.69) is 35.2 Å². The highest BCUT2D eigenvalue weighted by molar-refractivity contribution is 5.57. The Hall–Kier alpha value is -1.84. The maximum Gasteiger partial charge on any atom is 0.161 e. The van der Waals surface area contributed by atoms with E-state index in [1.165, 1.54) is 19.3 Å². The number of imidazole rings is 1. The molecule has 3 rings (SSSR count). The van der Waals surface area contributed by atoms with Gasteiger partial charge in [0.1, 0.15) is 5.82 Å². The summed E-state index contributed by atoms with van der Waals surface area (Å²) in [6.45, 7) is 6.69. The standard InChI is InChI=1S/C16H22N4/c1-12-17-9-10-20(12)15-14(5-4-8-18-15)19-13-6-7-16(2,3)11-13/h4-5,8-10,13,19H,6-7,11H2,1-3H3. The van der Waals surface area contributed by atoms with Gasteiger partial charge in [0.05, 0.1) is 5.69 Å². The number of hydrogen-bond donors (Lipinski definition) is 1. The van der Waals surface area contributed by atoms with E-state index in [9.17, 15) is 0 Å². The molecule has 1 fully saturated rings. The zero-order valence-electron chi connectivity index (χ0n) is 12.4. The predicted molar refractivity (Wildman–Crippen MR) is 81.1 cm³/mol. The van der Waals surface area contributed by atoms with Crippen LogP contribution in [0.4, 0.5) is 5.69 Å². The van der Waals surface area contributed by atoms with Crippen LogP contribution in [0.3, 0.4) is 0 Å². The molecule has 2 aromatic heterocycles. The minimum absolute atomic E-state index is 0.449. The van der Waals surface area contributed by atoms with Gasteiger partial charge in [0, 0.05) is 24.6 Å². The summed E-state index contributed by atoms with van der Waals surface area (Å²) in [5, 5.41) is 3.67. The number of aryl methyl sites for hydroxylation is 1. The largest absolute Gasteiger partial charge is 0.379 e. The van der Waals surface area contributed by atoms with Crippen molar-refractivity contribution in [3.05, 3.63) is 36.5 Å². The summed E-state index contributed by atoms with van der Waals surface area (Å²) < 4.78 is 2.03. The van der Waals surface area contributed by atoms with Crippen molar-refractivity contribution in [2.45, 2.75) is 46.1 Å². The summed E-state index contributed by atoms with van der Waals surface area (Å²) in [6.07, 6.45) is 9.32. The van der Waals surface area contributed by atoms with Crippen LogP contribution in [-0.4, -0.2) is 20.6 Å². The molecule has 0 aromatic carbocycles. The van der Waals surface area contributed by atoms with Crippen LogP contribution >= 0.6 is 0 Å².